The lowest BCUT2D eigenvalue weighted by atomic mass is 10.2. The van der Waals surface area contributed by atoms with Crippen LogP contribution in [0.2, 0.25) is 0 Å². The van der Waals surface area contributed by atoms with Gasteiger partial charge < -0.3 is 4.90 Å². The molecule has 8 heteroatoms. The maximum Gasteiger partial charge on any atom is 0.408 e. The summed E-state index contributed by atoms with van der Waals surface area (Å²) >= 11 is 0. The lowest BCUT2D eigenvalue weighted by Crippen LogP contribution is -2.44. The molecular formula is C11H10F4N4. The molecule has 0 amide bonds. The molecule has 1 unspecified atom stereocenters. The number of anilines is 1. The van der Waals surface area contributed by atoms with E-state index in [1.807, 2.05) is 0 Å². The van der Waals surface area contributed by atoms with Gasteiger partial charge in [-0.3, -0.25) is 0 Å². The van der Waals surface area contributed by atoms with E-state index < -0.39 is 18.5 Å². The van der Waals surface area contributed by atoms with Crippen LogP contribution in [0.15, 0.2) is 24.5 Å². The molecule has 1 fully saturated rings. The van der Waals surface area contributed by atoms with Crippen LogP contribution in [0, 0.1) is 0 Å². The summed E-state index contributed by atoms with van der Waals surface area (Å²) in [4.78, 5) is 4.64. The minimum absolute atomic E-state index is 0.0361. The highest BCUT2D eigenvalue weighted by molar-refractivity contribution is 5.53. The van der Waals surface area contributed by atoms with Crippen molar-refractivity contribution in [2.75, 3.05) is 4.90 Å². The van der Waals surface area contributed by atoms with Gasteiger partial charge in [0.05, 0.1) is 0 Å². The molecule has 1 aliphatic heterocycles. The Labute approximate surface area is 105 Å². The molecular weight excluding hydrogens is 264 g/mol. The first kappa shape index (κ1) is 12.2. The zero-order valence-electron chi connectivity index (χ0n) is 9.68. The summed E-state index contributed by atoms with van der Waals surface area (Å²) in [6.45, 7) is 0. The van der Waals surface area contributed by atoms with Crippen molar-refractivity contribution in [3.63, 3.8) is 0 Å². The van der Waals surface area contributed by atoms with E-state index in [4.69, 9.17) is 0 Å². The Bertz CT molecular complexity index is 561. The molecule has 3 rings (SSSR count). The third-order valence-electron chi connectivity index (χ3n) is 3.18. The van der Waals surface area contributed by atoms with Crippen molar-refractivity contribution in [2.24, 2.45) is 0 Å². The predicted molar refractivity (Wildman–Crippen MR) is 59.4 cm³/mol. The fourth-order valence-electron chi connectivity index (χ4n) is 2.34. The van der Waals surface area contributed by atoms with Crippen molar-refractivity contribution < 1.29 is 17.6 Å². The van der Waals surface area contributed by atoms with Crippen molar-refractivity contribution >= 4 is 11.5 Å². The monoisotopic (exact) mass is 274 g/mol. The zero-order valence-corrected chi connectivity index (χ0v) is 9.68. The van der Waals surface area contributed by atoms with E-state index in [1.165, 1.54) is 16.8 Å². The van der Waals surface area contributed by atoms with Gasteiger partial charge in [0.15, 0.2) is 17.8 Å². The number of fused-ring (bicyclic) bond motifs is 1. The predicted octanol–water partition coefficient (Wildman–Crippen LogP) is 2.56. The van der Waals surface area contributed by atoms with E-state index in [9.17, 15) is 17.6 Å². The Balaban J connectivity index is 2.03. The number of hydrogen-bond acceptors (Lipinski definition) is 3. The van der Waals surface area contributed by atoms with Crippen LogP contribution >= 0.6 is 0 Å². The second-order valence-electron chi connectivity index (χ2n) is 4.40. The van der Waals surface area contributed by atoms with Crippen molar-refractivity contribution in [1.29, 1.82) is 0 Å². The van der Waals surface area contributed by atoms with Crippen LogP contribution in [0.3, 0.4) is 0 Å². The third-order valence-corrected chi connectivity index (χ3v) is 3.18. The molecule has 2 aromatic rings. The first-order valence-corrected chi connectivity index (χ1v) is 5.76. The zero-order chi connectivity index (χ0) is 13.6. The minimum atomic E-state index is -4.47. The highest BCUT2D eigenvalue weighted by atomic mass is 19.4. The maximum absolute atomic E-state index is 13.7. The van der Waals surface area contributed by atoms with Gasteiger partial charge in [-0.2, -0.15) is 13.2 Å². The average molecular weight is 274 g/mol. The fraction of sp³-hybridized carbons (Fsp3) is 0.455. The summed E-state index contributed by atoms with van der Waals surface area (Å²) in [5, 5.41) is 3.95. The number of alkyl halides is 4. The molecule has 2 aromatic heterocycles. The van der Waals surface area contributed by atoms with Crippen LogP contribution in [0.4, 0.5) is 23.4 Å². The number of aromatic nitrogens is 3. The molecule has 0 radical (unpaired) electrons. The van der Waals surface area contributed by atoms with Gasteiger partial charge >= 0.3 is 6.18 Å². The van der Waals surface area contributed by atoms with Crippen molar-refractivity contribution in [1.82, 2.24) is 14.6 Å². The molecule has 1 saturated heterocycles. The van der Waals surface area contributed by atoms with Crippen LogP contribution in [0.1, 0.15) is 12.8 Å². The fourth-order valence-corrected chi connectivity index (χ4v) is 2.34. The van der Waals surface area contributed by atoms with E-state index in [0.717, 1.165) is 0 Å². The molecule has 19 heavy (non-hydrogen) atoms. The summed E-state index contributed by atoms with van der Waals surface area (Å²) < 4.78 is 53.7. The third kappa shape index (κ3) is 2.00. The van der Waals surface area contributed by atoms with Crippen LogP contribution in [0.25, 0.3) is 5.65 Å². The highest BCUT2D eigenvalue weighted by Crippen LogP contribution is 2.39. The topological polar surface area (TPSA) is 33.4 Å². The lowest BCUT2D eigenvalue weighted by molar-refractivity contribution is -0.147. The Morgan fingerprint density at radius 3 is 2.74 bits per heavy atom. The SMILES string of the molecule is FC1CC[C@H](C(F)(F)F)N1c1cc2ncccn2n1. The van der Waals surface area contributed by atoms with E-state index in [2.05, 4.69) is 10.1 Å². The van der Waals surface area contributed by atoms with E-state index in [0.29, 0.717) is 10.5 Å². The van der Waals surface area contributed by atoms with Gasteiger partial charge in [0.25, 0.3) is 0 Å². The molecule has 0 N–H and O–H groups in total. The van der Waals surface area contributed by atoms with Gasteiger partial charge in [-0.15, -0.1) is 5.10 Å². The van der Waals surface area contributed by atoms with Gasteiger partial charge in [-0.1, -0.05) is 0 Å². The molecule has 0 aliphatic carbocycles. The average Bonchev–Trinajstić information content (AvgIpc) is 2.90. The largest absolute Gasteiger partial charge is 0.408 e. The summed E-state index contributed by atoms with van der Waals surface area (Å²) in [7, 11) is 0. The molecule has 4 nitrogen and oxygen atoms in total. The molecule has 1 aliphatic rings. The quantitative estimate of drug-likeness (QED) is 0.592. The number of nitrogens with zero attached hydrogens (tertiary/aromatic N) is 4. The molecule has 0 aromatic carbocycles. The summed E-state index contributed by atoms with van der Waals surface area (Å²) in [5.41, 5.74) is 0.387. The highest BCUT2D eigenvalue weighted by Gasteiger charge is 2.50. The molecule has 3 heterocycles. The molecule has 0 spiro atoms. The van der Waals surface area contributed by atoms with Gasteiger partial charge in [-0.05, 0) is 18.9 Å². The Kier molecular flexibility index (Phi) is 2.61. The Hall–Kier alpha value is -1.86. The van der Waals surface area contributed by atoms with Gasteiger partial charge in [-0.25, -0.2) is 13.9 Å². The van der Waals surface area contributed by atoms with Crippen molar-refractivity contribution in [3.8, 4) is 0 Å². The number of halogens is 4. The standard InChI is InChI=1S/C11H10F4N4/c12-8-3-2-7(11(13,14)15)19(8)10-6-9-16-4-1-5-18(9)17-10/h1,4-8H,2-3H2/t7-,8?/m1/s1. The second kappa shape index (κ2) is 4.07. The molecule has 0 saturated carbocycles. The summed E-state index contributed by atoms with van der Waals surface area (Å²) in [6.07, 6.45) is -3.49. The van der Waals surface area contributed by atoms with Crippen molar-refractivity contribution in [2.45, 2.75) is 31.4 Å². The van der Waals surface area contributed by atoms with E-state index in [-0.39, 0.29) is 18.7 Å². The van der Waals surface area contributed by atoms with Crippen molar-refractivity contribution in [3.05, 3.63) is 24.5 Å². The number of hydrogen-bond donors (Lipinski definition) is 0. The second-order valence-corrected chi connectivity index (χ2v) is 4.40. The Morgan fingerprint density at radius 1 is 1.26 bits per heavy atom. The van der Waals surface area contributed by atoms with Gasteiger partial charge in [0, 0.05) is 18.5 Å². The van der Waals surface area contributed by atoms with E-state index in [1.54, 1.807) is 12.3 Å². The summed E-state index contributed by atoms with van der Waals surface area (Å²) in [5.74, 6) is -0.0361. The minimum Gasteiger partial charge on any atom is -0.313 e. The van der Waals surface area contributed by atoms with Gasteiger partial charge in [0.2, 0.25) is 0 Å². The van der Waals surface area contributed by atoms with Crippen LogP contribution in [0.5, 0.6) is 0 Å². The Morgan fingerprint density at radius 2 is 2.05 bits per heavy atom. The molecule has 2 atom stereocenters. The van der Waals surface area contributed by atoms with Crippen LogP contribution in [-0.2, 0) is 0 Å². The maximum atomic E-state index is 13.7. The van der Waals surface area contributed by atoms with Crippen LogP contribution in [-0.4, -0.2) is 33.1 Å². The number of rotatable bonds is 1. The van der Waals surface area contributed by atoms with Gasteiger partial charge in [0.1, 0.15) is 6.04 Å². The molecule has 102 valence electrons. The van der Waals surface area contributed by atoms with Crippen LogP contribution < -0.4 is 4.90 Å². The first-order chi connectivity index (χ1) is 8.97. The van der Waals surface area contributed by atoms with E-state index >= 15 is 0 Å². The summed E-state index contributed by atoms with van der Waals surface area (Å²) in [6, 6.07) is 1.13. The normalized spacial score (nSPS) is 24.3. The first-order valence-electron chi connectivity index (χ1n) is 5.76. The lowest BCUT2D eigenvalue weighted by Gasteiger charge is -2.27. The smallest absolute Gasteiger partial charge is 0.313 e. The molecule has 0 bridgehead atoms.